The van der Waals surface area contributed by atoms with E-state index in [1.165, 1.54) is 56.6 Å². The molecule has 6 heteroatoms. The number of hydrogen-bond donors (Lipinski definition) is 2. The molecule has 0 bridgehead atoms. The molecule has 1 aromatic rings. The lowest BCUT2D eigenvalue weighted by Gasteiger charge is -2.20. The van der Waals surface area contributed by atoms with Crippen LogP contribution in [0, 0.1) is 0 Å². The van der Waals surface area contributed by atoms with Crippen LogP contribution >= 0.6 is 24.0 Å². The minimum Gasteiger partial charge on any atom is -0.357 e. The zero-order valence-corrected chi connectivity index (χ0v) is 18.5. The summed E-state index contributed by atoms with van der Waals surface area (Å²) in [6, 6.07) is 9.61. The van der Waals surface area contributed by atoms with Crippen LogP contribution < -0.4 is 10.6 Å². The molecule has 2 aliphatic rings. The normalized spacial score (nSPS) is 19.5. The first-order valence-electron chi connectivity index (χ1n) is 9.76. The maximum atomic E-state index is 4.71. The van der Waals surface area contributed by atoms with Gasteiger partial charge in [0.05, 0.1) is 6.54 Å². The molecule has 26 heavy (non-hydrogen) atoms. The lowest BCUT2D eigenvalue weighted by Crippen LogP contribution is -2.38. The highest BCUT2D eigenvalue weighted by molar-refractivity contribution is 14.0. The Morgan fingerprint density at radius 1 is 1.08 bits per heavy atom. The Balaban J connectivity index is 0.00000243. The molecule has 3 rings (SSSR count). The first kappa shape index (κ1) is 21.4. The molecule has 1 saturated heterocycles. The Morgan fingerprint density at radius 2 is 1.81 bits per heavy atom. The van der Waals surface area contributed by atoms with Crippen LogP contribution in [0.5, 0.6) is 0 Å². The van der Waals surface area contributed by atoms with Crippen molar-refractivity contribution in [3.05, 3.63) is 35.4 Å². The lowest BCUT2D eigenvalue weighted by molar-refractivity contribution is 0.269. The molecule has 1 aromatic carbocycles. The Kier molecular flexibility index (Phi) is 9.15. The second-order valence-corrected chi connectivity index (χ2v) is 7.36. The average Bonchev–Trinajstić information content (AvgIpc) is 3.44. The molecule has 0 atom stereocenters. The fourth-order valence-corrected chi connectivity index (χ4v) is 3.18. The van der Waals surface area contributed by atoms with E-state index in [-0.39, 0.29) is 24.0 Å². The third-order valence-corrected chi connectivity index (χ3v) is 4.92. The van der Waals surface area contributed by atoms with Gasteiger partial charge in [-0.15, -0.1) is 24.0 Å². The summed E-state index contributed by atoms with van der Waals surface area (Å²) in [5, 5.41) is 6.79. The minimum atomic E-state index is 0. The van der Waals surface area contributed by atoms with Gasteiger partial charge in [-0.3, -0.25) is 4.90 Å². The summed E-state index contributed by atoms with van der Waals surface area (Å²) in [6.45, 7) is 9.57. The third kappa shape index (κ3) is 7.40. The van der Waals surface area contributed by atoms with Gasteiger partial charge in [0.25, 0.3) is 0 Å². The molecule has 0 unspecified atom stereocenters. The van der Waals surface area contributed by atoms with Crippen molar-refractivity contribution in [3.63, 3.8) is 0 Å². The second-order valence-electron chi connectivity index (χ2n) is 7.36. The number of guanidine groups is 1. The molecular weight excluding hydrogens is 437 g/mol. The maximum absolute atomic E-state index is 4.71. The molecule has 0 amide bonds. The van der Waals surface area contributed by atoms with Gasteiger partial charge in [0.15, 0.2) is 5.96 Å². The van der Waals surface area contributed by atoms with Crippen LogP contribution in [0.15, 0.2) is 29.3 Å². The van der Waals surface area contributed by atoms with Gasteiger partial charge in [0.2, 0.25) is 0 Å². The summed E-state index contributed by atoms with van der Waals surface area (Å²) in [5.41, 5.74) is 2.67. The summed E-state index contributed by atoms with van der Waals surface area (Å²) < 4.78 is 0. The molecule has 0 aromatic heterocycles. The van der Waals surface area contributed by atoms with Crippen LogP contribution in [0.25, 0.3) is 0 Å². The van der Waals surface area contributed by atoms with Gasteiger partial charge in [-0.2, -0.15) is 0 Å². The fourth-order valence-electron chi connectivity index (χ4n) is 3.18. The van der Waals surface area contributed by atoms with E-state index in [0.717, 1.165) is 25.6 Å². The number of nitrogens with one attached hydrogen (secondary N) is 2. The van der Waals surface area contributed by atoms with E-state index in [4.69, 9.17) is 4.99 Å². The van der Waals surface area contributed by atoms with Crippen molar-refractivity contribution in [2.24, 2.45) is 4.99 Å². The summed E-state index contributed by atoms with van der Waals surface area (Å²) >= 11 is 0. The SMILES string of the molecule is CCNC(=NCc1ccc(CN2CCCN(C)CC2)cc1)NC1CC1.I. The van der Waals surface area contributed by atoms with Gasteiger partial charge in [-0.1, -0.05) is 24.3 Å². The second kappa shape index (κ2) is 11.1. The van der Waals surface area contributed by atoms with Crippen LogP contribution in [-0.2, 0) is 13.1 Å². The predicted octanol–water partition coefficient (Wildman–Crippen LogP) is 2.66. The summed E-state index contributed by atoms with van der Waals surface area (Å²) in [6.07, 6.45) is 3.81. The quantitative estimate of drug-likeness (QED) is 0.381. The molecule has 1 aliphatic heterocycles. The van der Waals surface area contributed by atoms with Crippen molar-refractivity contribution < 1.29 is 0 Å². The van der Waals surface area contributed by atoms with E-state index in [1.54, 1.807) is 0 Å². The molecule has 0 radical (unpaired) electrons. The van der Waals surface area contributed by atoms with E-state index in [0.29, 0.717) is 6.04 Å². The summed E-state index contributed by atoms with van der Waals surface area (Å²) in [4.78, 5) is 9.71. The van der Waals surface area contributed by atoms with E-state index in [1.807, 2.05) is 0 Å². The average molecular weight is 471 g/mol. The Hall–Kier alpha value is -0.860. The van der Waals surface area contributed by atoms with Crippen molar-refractivity contribution in [1.29, 1.82) is 0 Å². The Labute approximate surface area is 175 Å². The molecular formula is C20H34IN5. The lowest BCUT2D eigenvalue weighted by atomic mass is 10.1. The molecule has 5 nitrogen and oxygen atoms in total. The van der Waals surface area contributed by atoms with Crippen molar-refractivity contribution >= 4 is 29.9 Å². The van der Waals surface area contributed by atoms with Gasteiger partial charge in [0, 0.05) is 32.2 Å². The van der Waals surface area contributed by atoms with Crippen LogP contribution in [-0.4, -0.2) is 61.6 Å². The van der Waals surface area contributed by atoms with Gasteiger partial charge in [0.1, 0.15) is 0 Å². The molecule has 2 fully saturated rings. The van der Waals surface area contributed by atoms with Crippen LogP contribution in [0.2, 0.25) is 0 Å². The Bertz CT molecular complexity index is 556. The topological polar surface area (TPSA) is 42.9 Å². The van der Waals surface area contributed by atoms with Crippen LogP contribution in [0.1, 0.15) is 37.3 Å². The van der Waals surface area contributed by atoms with E-state index in [2.05, 4.69) is 58.7 Å². The molecule has 146 valence electrons. The first-order valence-corrected chi connectivity index (χ1v) is 9.76. The smallest absolute Gasteiger partial charge is 0.191 e. The Morgan fingerprint density at radius 3 is 2.50 bits per heavy atom. The number of benzene rings is 1. The highest BCUT2D eigenvalue weighted by Crippen LogP contribution is 2.18. The number of halogens is 1. The summed E-state index contributed by atoms with van der Waals surface area (Å²) in [7, 11) is 2.22. The third-order valence-electron chi connectivity index (χ3n) is 4.92. The van der Waals surface area contributed by atoms with E-state index in [9.17, 15) is 0 Å². The van der Waals surface area contributed by atoms with Crippen molar-refractivity contribution in [1.82, 2.24) is 20.4 Å². The predicted molar refractivity (Wildman–Crippen MR) is 120 cm³/mol. The number of nitrogens with zero attached hydrogens (tertiary/aromatic N) is 3. The highest BCUT2D eigenvalue weighted by atomic mass is 127. The van der Waals surface area contributed by atoms with E-state index < -0.39 is 0 Å². The number of likely N-dealkylation sites (N-methyl/N-ethyl adjacent to an activating group) is 1. The number of rotatable bonds is 6. The first-order chi connectivity index (χ1) is 12.2. The molecule has 0 spiro atoms. The summed E-state index contributed by atoms with van der Waals surface area (Å²) in [5.74, 6) is 0.947. The van der Waals surface area contributed by atoms with Gasteiger partial charge in [-0.25, -0.2) is 4.99 Å². The molecule has 2 N–H and O–H groups in total. The zero-order chi connectivity index (χ0) is 17.5. The minimum absolute atomic E-state index is 0. The number of aliphatic imine (C=N–C) groups is 1. The van der Waals surface area contributed by atoms with Gasteiger partial charge in [-0.05, 0) is 57.5 Å². The van der Waals surface area contributed by atoms with E-state index >= 15 is 0 Å². The fraction of sp³-hybridized carbons (Fsp3) is 0.650. The monoisotopic (exact) mass is 471 g/mol. The maximum Gasteiger partial charge on any atom is 0.191 e. The van der Waals surface area contributed by atoms with Crippen LogP contribution in [0.3, 0.4) is 0 Å². The molecule has 1 saturated carbocycles. The van der Waals surface area contributed by atoms with Crippen molar-refractivity contribution in [2.45, 2.75) is 45.3 Å². The van der Waals surface area contributed by atoms with Crippen molar-refractivity contribution in [3.8, 4) is 0 Å². The zero-order valence-electron chi connectivity index (χ0n) is 16.2. The molecule has 1 heterocycles. The number of hydrogen-bond acceptors (Lipinski definition) is 3. The largest absolute Gasteiger partial charge is 0.357 e. The standard InChI is InChI=1S/C20H33N5.HI/c1-3-21-20(23-19-9-10-19)22-15-17-5-7-18(8-6-17)16-25-12-4-11-24(2)13-14-25;/h5-8,19H,3-4,9-16H2,1-2H3,(H2,21,22,23);1H. The van der Waals surface area contributed by atoms with Crippen LogP contribution in [0.4, 0.5) is 0 Å². The van der Waals surface area contributed by atoms with Crippen molar-refractivity contribution in [2.75, 3.05) is 39.8 Å². The van der Waals surface area contributed by atoms with Gasteiger partial charge < -0.3 is 15.5 Å². The van der Waals surface area contributed by atoms with Gasteiger partial charge >= 0.3 is 0 Å². The highest BCUT2D eigenvalue weighted by Gasteiger charge is 2.22. The molecule has 1 aliphatic carbocycles.